The van der Waals surface area contributed by atoms with Crippen LogP contribution in [0.2, 0.25) is 0 Å². The topological polar surface area (TPSA) is 41.0 Å². The standard InChI is InChI=1S/C19H20N4.CH4.ClH/c1-2-18(11-16-5-9-21-12-17(1)16)22-19-6-10-23(14-19)13-15-3-7-20-8-4-15;;/h1-5,7-9,11-12,19,22H,6,10,13-14H2;1H4;1H/t19-;;/m1../s1. The van der Waals surface area contributed by atoms with E-state index in [2.05, 4.69) is 56.6 Å². The highest BCUT2D eigenvalue weighted by atomic mass is 35.5. The van der Waals surface area contributed by atoms with Gasteiger partial charge in [-0.3, -0.25) is 14.9 Å². The molecule has 0 unspecified atom stereocenters. The van der Waals surface area contributed by atoms with Crippen molar-refractivity contribution in [1.29, 1.82) is 0 Å². The lowest BCUT2D eigenvalue weighted by atomic mass is 10.1. The van der Waals surface area contributed by atoms with Gasteiger partial charge in [0, 0.05) is 61.5 Å². The van der Waals surface area contributed by atoms with Gasteiger partial charge in [-0.2, -0.15) is 0 Å². The summed E-state index contributed by atoms with van der Waals surface area (Å²) in [7, 11) is 0. The van der Waals surface area contributed by atoms with E-state index in [1.165, 1.54) is 28.4 Å². The molecule has 1 aliphatic heterocycles. The minimum atomic E-state index is 0. The summed E-state index contributed by atoms with van der Waals surface area (Å²) in [6, 6.07) is 13.3. The molecule has 2 aromatic heterocycles. The summed E-state index contributed by atoms with van der Waals surface area (Å²) in [4.78, 5) is 10.7. The number of hydrogen-bond acceptors (Lipinski definition) is 4. The lowest BCUT2D eigenvalue weighted by molar-refractivity contribution is 0.328. The summed E-state index contributed by atoms with van der Waals surface area (Å²) >= 11 is 0. The third-order valence-electron chi connectivity index (χ3n) is 4.44. The lowest BCUT2D eigenvalue weighted by Gasteiger charge is -2.17. The third-order valence-corrected chi connectivity index (χ3v) is 4.44. The zero-order chi connectivity index (χ0) is 15.5. The molecule has 0 amide bonds. The molecule has 4 rings (SSSR count). The highest BCUT2D eigenvalue weighted by Gasteiger charge is 2.22. The first-order valence-corrected chi connectivity index (χ1v) is 8.08. The third kappa shape index (κ3) is 4.68. The van der Waals surface area contributed by atoms with Crippen LogP contribution in [0.3, 0.4) is 0 Å². The number of benzene rings is 1. The fourth-order valence-corrected chi connectivity index (χ4v) is 3.25. The van der Waals surface area contributed by atoms with Crippen LogP contribution in [0.5, 0.6) is 0 Å². The fraction of sp³-hybridized carbons (Fsp3) is 0.300. The van der Waals surface area contributed by atoms with Gasteiger partial charge in [0.25, 0.3) is 0 Å². The summed E-state index contributed by atoms with van der Waals surface area (Å²) < 4.78 is 0. The zero-order valence-electron chi connectivity index (χ0n) is 13.4. The van der Waals surface area contributed by atoms with Gasteiger partial charge in [-0.15, -0.1) is 12.4 Å². The summed E-state index contributed by atoms with van der Waals surface area (Å²) in [6.45, 7) is 3.22. The Morgan fingerprint density at radius 3 is 2.64 bits per heavy atom. The van der Waals surface area contributed by atoms with Crippen LogP contribution in [0.1, 0.15) is 19.4 Å². The molecule has 1 fully saturated rings. The van der Waals surface area contributed by atoms with Gasteiger partial charge >= 0.3 is 0 Å². The van der Waals surface area contributed by atoms with Gasteiger partial charge in [0.1, 0.15) is 0 Å². The van der Waals surface area contributed by atoms with Crippen LogP contribution < -0.4 is 5.32 Å². The molecule has 25 heavy (non-hydrogen) atoms. The van der Waals surface area contributed by atoms with E-state index in [1.54, 1.807) is 0 Å². The predicted molar refractivity (Wildman–Crippen MR) is 107 cm³/mol. The molecular formula is C20H25ClN4. The van der Waals surface area contributed by atoms with Crippen LogP contribution in [0.15, 0.2) is 61.2 Å². The fourth-order valence-electron chi connectivity index (χ4n) is 3.25. The van der Waals surface area contributed by atoms with E-state index in [4.69, 9.17) is 0 Å². The number of hydrogen-bond donors (Lipinski definition) is 1. The molecule has 1 aromatic carbocycles. The molecule has 0 bridgehead atoms. The Kier molecular flexibility index (Phi) is 6.73. The number of likely N-dealkylation sites (tertiary alicyclic amines) is 1. The normalized spacial score (nSPS) is 16.9. The van der Waals surface area contributed by atoms with Gasteiger partial charge < -0.3 is 5.32 Å². The van der Waals surface area contributed by atoms with Crippen molar-refractivity contribution in [3.05, 3.63) is 66.7 Å². The highest BCUT2D eigenvalue weighted by molar-refractivity contribution is 5.85. The Morgan fingerprint density at radius 2 is 1.80 bits per heavy atom. The van der Waals surface area contributed by atoms with Crippen LogP contribution in [-0.4, -0.2) is 34.0 Å². The first-order chi connectivity index (χ1) is 11.4. The van der Waals surface area contributed by atoms with E-state index in [0.717, 1.165) is 19.6 Å². The van der Waals surface area contributed by atoms with Crippen molar-refractivity contribution in [3.63, 3.8) is 0 Å². The van der Waals surface area contributed by atoms with Crippen LogP contribution in [0.25, 0.3) is 10.8 Å². The molecule has 1 saturated heterocycles. The summed E-state index contributed by atoms with van der Waals surface area (Å²) in [6.07, 6.45) is 8.67. The number of pyridine rings is 2. The van der Waals surface area contributed by atoms with Gasteiger partial charge in [-0.1, -0.05) is 13.5 Å². The average Bonchev–Trinajstić information content (AvgIpc) is 3.02. The van der Waals surface area contributed by atoms with E-state index in [9.17, 15) is 0 Å². The quantitative estimate of drug-likeness (QED) is 0.753. The van der Waals surface area contributed by atoms with Gasteiger partial charge in [-0.05, 0) is 47.7 Å². The summed E-state index contributed by atoms with van der Waals surface area (Å²) in [5, 5.41) is 6.09. The second-order valence-corrected chi connectivity index (χ2v) is 6.16. The first-order valence-electron chi connectivity index (χ1n) is 8.08. The molecule has 1 N–H and O–H groups in total. The molecule has 0 saturated carbocycles. The summed E-state index contributed by atoms with van der Waals surface area (Å²) in [5.41, 5.74) is 2.53. The van der Waals surface area contributed by atoms with Crippen molar-refractivity contribution >= 4 is 28.9 Å². The Morgan fingerprint density at radius 1 is 1.00 bits per heavy atom. The SMILES string of the molecule is C.Cl.c1cc(CN2CC[C@@H](Nc3ccc4cnccc4c3)C2)ccn1. The molecule has 0 radical (unpaired) electrons. The van der Waals surface area contributed by atoms with Crippen molar-refractivity contribution in [1.82, 2.24) is 14.9 Å². The number of nitrogens with zero attached hydrogens (tertiary/aromatic N) is 3. The second-order valence-electron chi connectivity index (χ2n) is 6.16. The Hall–Kier alpha value is -2.17. The van der Waals surface area contributed by atoms with Gasteiger partial charge in [0.05, 0.1) is 0 Å². The van der Waals surface area contributed by atoms with Crippen LogP contribution in [-0.2, 0) is 6.54 Å². The van der Waals surface area contributed by atoms with Crippen molar-refractivity contribution in [2.75, 3.05) is 18.4 Å². The number of rotatable bonds is 4. The molecule has 132 valence electrons. The molecule has 0 aliphatic carbocycles. The molecule has 1 atom stereocenters. The Balaban J connectivity index is 0.00000113. The molecule has 5 heteroatoms. The average molecular weight is 357 g/mol. The van der Waals surface area contributed by atoms with Gasteiger partial charge in [0.2, 0.25) is 0 Å². The molecule has 3 heterocycles. The monoisotopic (exact) mass is 356 g/mol. The van der Waals surface area contributed by atoms with Crippen LogP contribution in [0.4, 0.5) is 5.69 Å². The largest absolute Gasteiger partial charge is 0.381 e. The molecule has 1 aliphatic rings. The van der Waals surface area contributed by atoms with Crippen molar-refractivity contribution < 1.29 is 0 Å². The summed E-state index contributed by atoms with van der Waals surface area (Å²) in [5.74, 6) is 0. The van der Waals surface area contributed by atoms with E-state index >= 15 is 0 Å². The van der Waals surface area contributed by atoms with Crippen molar-refractivity contribution in [2.45, 2.75) is 26.4 Å². The van der Waals surface area contributed by atoms with E-state index in [1.807, 2.05) is 24.8 Å². The Bertz CT molecular complexity index is 794. The number of nitrogens with one attached hydrogen (secondary N) is 1. The maximum Gasteiger partial charge on any atom is 0.0400 e. The minimum Gasteiger partial charge on any atom is -0.381 e. The molecular weight excluding hydrogens is 332 g/mol. The van der Waals surface area contributed by atoms with Crippen molar-refractivity contribution in [2.24, 2.45) is 0 Å². The smallest absolute Gasteiger partial charge is 0.0400 e. The Labute approximate surface area is 155 Å². The molecule has 4 nitrogen and oxygen atoms in total. The number of aromatic nitrogens is 2. The number of fused-ring (bicyclic) bond motifs is 1. The number of anilines is 1. The predicted octanol–water partition coefficient (Wildman–Crippen LogP) is 4.37. The minimum absolute atomic E-state index is 0. The van der Waals surface area contributed by atoms with Gasteiger partial charge in [-0.25, -0.2) is 0 Å². The lowest BCUT2D eigenvalue weighted by Crippen LogP contribution is -2.25. The van der Waals surface area contributed by atoms with Gasteiger partial charge in [0.15, 0.2) is 0 Å². The maximum atomic E-state index is 4.16. The first kappa shape index (κ1) is 19.2. The maximum absolute atomic E-state index is 4.16. The van der Waals surface area contributed by atoms with E-state index in [0.29, 0.717) is 6.04 Å². The molecule has 3 aromatic rings. The van der Waals surface area contributed by atoms with Crippen LogP contribution >= 0.6 is 12.4 Å². The second kappa shape index (κ2) is 8.79. The van der Waals surface area contributed by atoms with E-state index in [-0.39, 0.29) is 19.8 Å². The van der Waals surface area contributed by atoms with Crippen molar-refractivity contribution in [3.8, 4) is 0 Å². The zero-order valence-corrected chi connectivity index (χ0v) is 14.2. The highest BCUT2D eigenvalue weighted by Crippen LogP contribution is 2.21. The van der Waals surface area contributed by atoms with Crippen LogP contribution in [0, 0.1) is 0 Å². The number of halogens is 1. The molecule has 0 spiro atoms. The van der Waals surface area contributed by atoms with E-state index < -0.39 is 0 Å².